The number of aromatic nitrogens is 4. The van der Waals surface area contributed by atoms with E-state index in [0.29, 0.717) is 0 Å². The summed E-state index contributed by atoms with van der Waals surface area (Å²) >= 11 is 1.74. The molecule has 0 aliphatic rings. The summed E-state index contributed by atoms with van der Waals surface area (Å²) < 4.78 is 3.60. The van der Waals surface area contributed by atoms with Crippen LogP contribution in [-0.4, -0.2) is 19.5 Å². The van der Waals surface area contributed by atoms with Gasteiger partial charge >= 0.3 is 0 Å². The van der Waals surface area contributed by atoms with E-state index in [4.69, 9.17) is 15.0 Å². The van der Waals surface area contributed by atoms with Crippen LogP contribution in [0.2, 0.25) is 0 Å². The van der Waals surface area contributed by atoms with Crippen molar-refractivity contribution in [3.8, 4) is 61.3 Å². The van der Waals surface area contributed by atoms with Crippen molar-refractivity contribution in [1.29, 1.82) is 0 Å². The molecule has 4 nitrogen and oxygen atoms in total. The van der Waals surface area contributed by atoms with Crippen molar-refractivity contribution in [2.45, 2.75) is 0 Å². The number of para-hydroxylation sites is 2. The minimum atomic E-state index is 0.717. The highest BCUT2D eigenvalue weighted by molar-refractivity contribution is 7.21. The van der Waals surface area contributed by atoms with E-state index in [1.54, 1.807) is 11.3 Å². The second-order valence-electron chi connectivity index (χ2n) is 14.1. The van der Waals surface area contributed by atoms with E-state index in [1.807, 2.05) is 36.4 Å². The Balaban J connectivity index is 0.947. The molecule has 8 aromatic carbocycles. The summed E-state index contributed by atoms with van der Waals surface area (Å²) in [4.78, 5) is 15.0. The maximum Gasteiger partial charge on any atom is 0.160 e. The lowest BCUT2D eigenvalue weighted by Gasteiger charge is -2.12. The Kier molecular flexibility index (Phi) is 7.64. The third-order valence-electron chi connectivity index (χ3n) is 10.6. The van der Waals surface area contributed by atoms with E-state index < -0.39 is 0 Å². The molecule has 0 aliphatic carbocycles. The van der Waals surface area contributed by atoms with Crippen LogP contribution in [0.3, 0.4) is 0 Å². The van der Waals surface area contributed by atoms with Crippen LogP contribution in [0.4, 0.5) is 0 Å². The largest absolute Gasteiger partial charge is 0.309 e. The van der Waals surface area contributed by atoms with Crippen molar-refractivity contribution in [3.63, 3.8) is 0 Å². The van der Waals surface area contributed by atoms with Crippen molar-refractivity contribution in [3.05, 3.63) is 194 Å². The quantitative estimate of drug-likeness (QED) is 0.171. The third-order valence-corrected chi connectivity index (χ3v) is 11.7. The molecule has 0 bridgehead atoms. The Morgan fingerprint density at radius 1 is 0.375 bits per heavy atom. The van der Waals surface area contributed by atoms with Crippen LogP contribution in [0.15, 0.2) is 194 Å². The van der Waals surface area contributed by atoms with Gasteiger partial charge in [-0.3, -0.25) is 0 Å². The van der Waals surface area contributed by atoms with Crippen LogP contribution < -0.4 is 0 Å². The van der Waals surface area contributed by atoms with Gasteiger partial charge in [-0.15, -0.1) is 11.3 Å². The molecule has 3 heterocycles. The van der Waals surface area contributed by atoms with Crippen molar-refractivity contribution < 1.29 is 0 Å². The molecule has 0 unspecified atom stereocenters. The minimum absolute atomic E-state index is 0.717. The highest BCUT2D eigenvalue weighted by Crippen LogP contribution is 2.38. The fraction of sp³-hybridized carbons (Fsp3) is 0. The summed E-state index contributed by atoms with van der Waals surface area (Å²) in [6.45, 7) is 0. The summed E-state index contributed by atoms with van der Waals surface area (Å²) in [7, 11) is 0. The number of thiazole rings is 1. The zero-order chi connectivity index (χ0) is 37.0. The first-order valence-electron chi connectivity index (χ1n) is 18.8. The molecule has 5 heteroatoms. The van der Waals surface area contributed by atoms with Gasteiger partial charge in [0.05, 0.1) is 32.6 Å². The Hall–Kier alpha value is -7.21. The highest BCUT2D eigenvalue weighted by Gasteiger charge is 2.16. The van der Waals surface area contributed by atoms with E-state index in [2.05, 4.69) is 162 Å². The zero-order valence-electron chi connectivity index (χ0n) is 30.2. The SMILES string of the molecule is c1ccc(-c2cc(-c3ccc(-c4ccc5cc(-n6c7ccccc7c7ccc(-c8nc9ccccc9s8)cc76)ccc5c4)cc3)nc(-c3ccccc3)n2)cc1. The second kappa shape index (κ2) is 13.3. The molecular weight excluding hydrogens is 701 g/mol. The standard InChI is InChI=1S/C51H32N4S/c1-3-11-34(12-4-1)45-32-46(53-50(52-45)36-13-5-2-6-14-36)35-21-19-33(20-22-35)37-23-24-39-30-41(27-25-38(39)29-37)55-47-17-9-7-15-42(47)43-28-26-40(31-48(43)55)51-54-44-16-8-10-18-49(44)56-51/h1-32H. The number of rotatable bonds is 6. The molecule has 262 valence electrons. The third kappa shape index (κ3) is 5.65. The van der Waals surface area contributed by atoms with Crippen molar-refractivity contribution in [2.75, 3.05) is 0 Å². The van der Waals surface area contributed by atoms with E-state index in [1.165, 1.54) is 42.8 Å². The number of nitrogens with zero attached hydrogens (tertiary/aromatic N) is 4. The summed E-state index contributed by atoms with van der Waals surface area (Å²) in [5.74, 6) is 0.717. The molecule has 56 heavy (non-hydrogen) atoms. The molecule has 3 aromatic heterocycles. The van der Waals surface area contributed by atoms with Crippen molar-refractivity contribution in [2.24, 2.45) is 0 Å². The maximum atomic E-state index is 5.02. The number of fused-ring (bicyclic) bond motifs is 5. The summed E-state index contributed by atoms with van der Waals surface area (Å²) in [6.07, 6.45) is 0. The fourth-order valence-electron chi connectivity index (χ4n) is 7.83. The van der Waals surface area contributed by atoms with Gasteiger partial charge in [-0.1, -0.05) is 146 Å². The lowest BCUT2D eigenvalue weighted by molar-refractivity contribution is 1.18. The molecule has 0 saturated carbocycles. The molecule has 0 fully saturated rings. The molecule has 11 rings (SSSR count). The van der Waals surface area contributed by atoms with Gasteiger partial charge < -0.3 is 4.57 Å². The first-order chi connectivity index (χ1) is 27.7. The highest BCUT2D eigenvalue weighted by atomic mass is 32.1. The number of hydrogen-bond acceptors (Lipinski definition) is 4. The van der Waals surface area contributed by atoms with Gasteiger partial charge in [0.2, 0.25) is 0 Å². The van der Waals surface area contributed by atoms with Crippen LogP contribution in [0, 0.1) is 0 Å². The van der Waals surface area contributed by atoms with E-state index in [0.717, 1.165) is 61.2 Å². The van der Waals surface area contributed by atoms with Gasteiger partial charge in [0.25, 0.3) is 0 Å². The average Bonchev–Trinajstić information content (AvgIpc) is 3.86. The molecule has 0 radical (unpaired) electrons. The van der Waals surface area contributed by atoms with Crippen LogP contribution in [0.1, 0.15) is 0 Å². The van der Waals surface area contributed by atoms with Gasteiger partial charge in [0, 0.05) is 38.7 Å². The van der Waals surface area contributed by atoms with Gasteiger partial charge in [-0.25, -0.2) is 15.0 Å². The zero-order valence-corrected chi connectivity index (χ0v) is 31.0. The van der Waals surface area contributed by atoms with Gasteiger partial charge in [-0.2, -0.15) is 0 Å². The van der Waals surface area contributed by atoms with Crippen molar-refractivity contribution in [1.82, 2.24) is 19.5 Å². The number of benzene rings is 8. The molecular formula is C51H32N4S. The van der Waals surface area contributed by atoms with Gasteiger partial charge in [0.1, 0.15) is 5.01 Å². The molecule has 0 N–H and O–H groups in total. The second-order valence-corrected chi connectivity index (χ2v) is 15.1. The molecule has 0 spiro atoms. The Morgan fingerprint density at radius 2 is 0.982 bits per heavy atom. The maximum absolute atomic E-state index is 5.02. The van der Waals surface area contributed by atoms with Crippen LogP contribution in [-0.2, 0) is 0 Å². The topological polar surface area (TPSA) is 43.6 Å². The lowest BCUT2D eigenvalue weighted by atomic mass is 9.99. The monoisotopic (exact) mass is 732 g/mol. The molecule has 0 atom stereocenters. The molecule has 0 saturated heterocycles. The summed E-state index contributed by atoms with van der Waals surface area (Å²) in [6, 6.07) is 68.7. The first kappa shape index (κ1) is 32.2. The minimum Gasteiger partial charge on any atom is -0.309 e. The Bertz CT molecular complexity index is 3150. The van der Waals surface area contributed by atoms with Gasteiger partial charge in [-0.05, 0) is 70.4 Å². The van der Waals surface area contributed by atoms with E-state index in [-0.39, 0.29) is 0 Å². The summed E-state index contributed by atoms with van der Waals surface area (Å²) in [5, 5.41) is 5.90. The van der Waals surface area contributed by atoms with E-state index in [9.17, 15) is 0 Å². The van der Waals surface area contributed by atoms with Crippen LogP contribution in [0.5, 0.6) is 0 Å². The first-order valence-corrected chi connectivity index (χ1v) is 19.6. The predicted octanol–water partition coefficient (Wildman–Crippen LogP) is 13.7. The normalized spacial score (nSPS) is 11.6. The average molecular weight is 733 g/mol. The lowest BCUT2D eigenvalue weighted by Crippen LogP contribution is -1.95. The molecule has 0 amide bonds. The van der Waals surface area contributed by atoms with Gasteiger partial charge in [0.15, 0.2) is 5.82 Å². The fourth-order valence-corrected chi connectivity index (χ4v) is 8.79. The molecule has 11 aromatic rings. The smallest absolute Gasteiger partial charge is 0.160 e. The number of hydrogen-bond donors (Lipinski definition) is 0. The van der Waals surface area contributed by atoms with Crippen LogP contribution in [0.25, 0.3) is 104 Å². The summed E-state index contributed by atoms with van der Waals surface area (Å²) in [5.41, 5.74) is 12.9. The van der Waals surface area contributed by atoms with Crippen LogP contribution >= 0.6 is 11.3 Å². The predicted molar refractivity (Wildman–Crippen MR) is 234 cm³/mol. The Morgan fingerprint density at radius 3 is 1.79 bits per heavy atom. The van der Waals surface area contributed by atoms with Crippen molar-refractivity contribution >= 4 is 54.1 Å². The van der Waals surface area contributed by atoms with E-state index >= 15 is 0 Å². The molecule has 0 aliphatic heterocycles. The Labute approximate surface area is 327 Å².